The van der Waals surface area contributed by atoms with E-state index in [0.29, 0.717) is 24.0 Å². The Labute approximate surface area is 175 Å². The first-order valence-corrected chi connectivity index (χ1v) is 12.2. The van der Waals surface area contributed by atoms with Crippen molar-refractivity contribution >= 4 is 27.0 Å². The second kappa shape index (κ2) is 7.27. The van der Waals surface area contributed by atoms with Gasteiger partial charge in [-0.15, -0.1) is 11.3 Å². The van der Waals surface area contributed by atoms with E-state index in [9.17, 15) is 8.42 Å². The molecule has 2 aliphatic heterocycles. The normalized spacial score (nSPS) is 24.0. The second-order valence-electron chi connectivity index (χ2n) is 7.77. The zero-order chi connectivity index (χ0) is 20.0. The predicted molar refractivity (Wildman–Crippen MR) is 116 cm³/mol. The fourth-order valence-electron chi connectivity index (χ4n) is 4.61. The van der Waals surface area contributed by atoms with Gasteiger partial charge in [-0.1, -0.05) is 42.0 Å². The van der Waals surface area contributed by atoms with Crippen molar-refractivity contribution in [2.24, 2.45) is 5.92 Å². The smallest absolute Gasteiger partial charge is 0.264 e. The summed E-state index contributed by atoms with van der Waals surface area (Å²) in [5.74, 6) is 0.397. The molecule has 3 heterocycles. The van der Waals surface area contributed by atoms with Gasteiger partial charge >= 0.3 is 0 Å². The molecule has 0 amide bonds. The third-order valence-corrected chi connectivity index (χ3v) is 8.77. The molecule has 1 saturated heterocycles. The van der Waals surface area contributed by atoms with Gasteiger partial charge in [0, 0.05) is 23.9 Å². The first-order chi connectivity index (χ1) is 14.1. The third kappa shape index (κ3) is 3.19. The Morgan fingerprint density at radius 2 is 1.83 bits per heavy atom. The first kappa shape index (κ1) is 18.9. The maximum atomic E-state index is 13.6. The van der Waals surface area contributed by atoms with E-state index in [1.54, 1.807) is 27.8 Å². The Bertz CT molecular complexity index is 1110. The summed E-state index contributed by atoms with van der Waals surface area (Å²) in [6.07, 6.45) is 0.847. The van der Waals surface area contributed by atoms with E-state index in [4.69, 9.17) is 4.74 Å². The van der Waals surface area contributed by atoms with Crippen molar-refractivity contribution in [3.05, 3.63) is 82.0 Å². The number of hydrogen-bond acceptors (Lipinski definition) is 4. The second-order valence-corrected chi connectivity index (χ2v) is 10.6. The van der Waals surface area contributed by atoms with Gasteiger partial charge in [-0.25, -0.2) is 8.42 Å². The highest BCUT2D eigenvalue weighted by Gasteiger charge is 2.45. The molecule has 1 fully saturated rings. The quantitative estimate of drug-likeness (QED) is 0.585. The lowest BCUT2D eigenvalue weighted by atomic mass is 9.75. The van der Waals surface area contributed by atoms with Crippen molar-refractivity contribution in [1.82, 2.24) is 0 Å². The lowest BCUT2D eigenvalue weighted by molar-refractivity contribution is -0.0363. The van der Waals surface area contributed by atoms with Crippen molar-refractivity contribution in [2.75, 3.05) is 17.5 Å². The van der Waals surface area contributed by atoms with Gasteiger partial charge in [0.1, 0.15) is 0 Å². The van der Waals surface area contributed by atoms with E-state index in [2.05, 4.69) is 17.5 Å². The Kier molecular flexibility index (Phi) is 4.73. The molecule has 0 aliphatic carbocycles. The van der Waals surface area contributed by atoms with Crippen molar-refractivity contribution in [2.45, 2.75) is 30.3 Å². The van der Waals surface area contributed by atoms with E-state index < -0.39 is 10.0 Å². The van der Waals surface area contributed by atoms with Crippen LogP contribution in [0.3, 0.4) is 0 Å². The minimum atomic E-state index is -3.65. The van der Waals surface area contributed by atoms with Crippen LogP contribution in [-0.2, 0) is 14.8 Å². The maximum Gasteiger partial charge on any atom is 0.264 e. The summed E-state index contributed by atoms with van der Waals surface area (Å²) in [6.45, 7) is 3.09. The zero-order valence-corrected chi connectivity index (χ0v) is 17.8. The average molecular weight is 426 g/mol. The minimum absolute atomic E-state index is 0.0715. The maximum absolute atomic E-state index is 13.6. The standard InChI is InChI=1S/C23H23NO3S2/c1-16-8-10-17(11-9-16)29(25,26)24-15-20-18(19-5-2-3-6-21(19)24)12-13-27-23(20)22-7-4-14-28-22/h2-11,14,18,20,23H,12-13,15H2,1H3/t18-,20-,23-/m0/s1. The van der Waals surface area contributed by atoms with Crippen LogP contribution >= 0.6 is 11.3 Å². The van der Waals surface area contributed by atoms with Gasteiger partial charge < -0.3 is 4.74 Å². The van der Waals surface area contributed by atoms with Crippen LogP contribution in [0.1, 0.15) is 34.4 Å². The number of sulfonamides is 1. The number of fused-ring (bicyclic) bond motifs is 3. The molecule has 0 N–H and O–H groups in total. The summed E-state index contributed by atoms with van der Waals surface area (Å²) in [7, 11) is -3.65. The molecular formula is C23H23NO3S2. The van der Waals surface area contributed by atoms with Crippen LogP contribution in [0.2, 0.25) is 0 Å². The van der Waals surface area contributed by atoms with Crippen LogP contribution in [0.15, 0.2) is 70.9 Å². The Hall–Kier alpha value is -2.15. The van der Waals surface area contributed by atoms with Gasteiger partial charge in [-0.3, -0.25) is 4.31 Å². The van der Waals surface area contributed by atoms with Crippen molar-refractivity contribution in [1.29, 1.82) is 0 Å². The van der Waals surface area contributed by atoms with E-state index >= 15 is 0 Å². The van der Waals surface area contributed by atoms with Crippen LogP contribution in [0.4, 0.5) is 5.69 Å². The van der Waals surface area contributed by atoms with E-state index in [1.807, 2.05) is 43.3 Å². The zero-order valence-electron chi connectivity index (χ0n) is 16.2. The van der Waals surface area contributed by atoms with Crippen LogP contribution in [-0.4, -0.2) is 21.6 Å². The number of para-hydroxylation sites is 1. The summed E-state index contributed by atoms with van der Waals surface area (Å²) in [6, 6.07) is 19.2. The van der Waals surface area contributed by atoms with Crippen molar-refractivity contribution in [3.8, 4) is 0 Å². The number of benzene rings is 2. The number of rotatable bonds is 3. The van der Waals surface area contributed by atoms with Gasteiger partial charge in [0.2, 0.25) is 0 Å². The molecular weight excluding hydrogens is 402 g/mol. The molecule has 6 heteroatoms. The van der Waals surface area contributed by atoms with Crippen LogP contribution in [0.25, 0.3) is 0 Å². The molecule has 0 bridgehead atoms. The number of nitrogens with zero attached hydrogens (tertiary/aromatic N) is 1. The topological polar surface area (TPSA) is 46.6 Å². The third-order valence-electron chi connectivity index (χ3n) is 6.05. The number of anilines is 1. The summed E-state index contributed by atoms with van der Waals surface area (Å²) < 4.78 is 35.0. The summed E-state index contributed by atoms with van der Waals surface area (Å²) >= 11 is 1.68. The lowest BCUT2D eigenvalue weighted by Gasteiger charge is -2.46. The summed E-state index contributed by atoms with van der Waals surface area (Å²) in [4.78, 5) is 1.51. The highest BCUT2D eigenvalue weighted by atomic mass is 32.2. The van der Waals surface area contributed by atoms with Gasteiger partial charge in [-0.2, -0.15) is 0 Å². The largest absolute Gasteiger partial charge is 0.372 e. The molecule has 4 nitrogen and oxygen atoms in total. The molecule has 0 unspecified atom stereocenters. The van der Waals surface area contributed by atoms with Gasteiger partial charge in [0.05, 0.1) is 16.7 Å². The molecule has 0 spiro atoms. The van der Waals surface area contributed by atoms with Gasteiger partial charge in [0.25, 0.3) is 10.0 Å². The molecule has 3 aromatic rings. The highest BCUT2D eigenvalue weighted by molar-refractivity contribution is 7.92. The molecule has 0 radical (unpaired) electrons. The van der Waals surface area contributed by atoms with Crippen LogP contribution in [0, 0.1) is 12.8 Å². The molecule has 1 aromatic heterocycles. The molecule has 5 rings (SSSR count). The lowest BCUT2D eigenvalue weighted by Crippen LogP contribution is -2.46. The van der Waals surface area contributed by atoms with Gasteiger partial charge in [-0.05, 0) is 54.5 Å². The molecule has 2 aromatic carbocycles. The Morgan fingerprint density at radius 3 is 2.59 bits per heavy atom. The number of thiophene rings is 1. The SMILES string of the molecule is Cc1ccc(S(=O)(=O)N2C[C@@H]3[C@@H](c4cccs4)OCC[C@H]3c3ccccc32)cc1. The van der Waals surface area contributed by atoms with E-state index in [0.717, 1.165) is 23.2 Å². The molecule has 150 valence electrons. The van der Waals surface area contributed by atoms with Crippen LogP contribution in [0.5, 0.6) is 0 Å². The molecule has 29 heavy (non-hydrogen) atoms. The van der Waals surface area contributed by atoms with Crippen molar-refractivity contribution < 1.29 is 13.2 Å². The van der Waals surface area contributed by atoms with E-state index in [-0.39, 0.29) is 12.0 Å². The average Bonchev–Trinajstić information content (AvgIpc) is 3.27. The number of aryl methyl sites for hydroxylation is 1. The molecule has 2 aliphatic rings. The summed E-state index contributed by atoms with van der Waals surface area (Å²) in [5.41, 5.74) is 2.96. The monoisotopic (exact) mass is 425 g/mol. The Morgan fingerprint density at radius 1 is 1.03 bits per heavy atom. The minimum Gasteiger partial charge on any atom is -0.372 e. The van der Waals surface area contributed by atoms with E-state index in [1.165, 1.54) is 4.88 Å². The molecule has 0 saturated carbocycles. The fraction of sp³-hybridized carbons (Fsp3) is 0.304. The first-order valence-electron chi connectivity index (χ1n) is 9.89. The van der Waals surface area contributed by atoms with Crippen LogP contribution < -0.4 is 4.31 Å². The summed E-state index contributed by atoms with van der Waals surface area (Å²) in [5, 5.41) is 2.06. The molecule has 3 atom stereocenters. The highest BCUT2D eigenvalue weighted by Crippen LogP contribution is 2.50. The fourth-order valence-corrected chi connectivity index (χ4v) is 6.99. The number of ether oxygens (including phenoxy) is 1. The Balaban J connectivity index is 1.61. The van der Waals surface area contributed by atoms with Gasteiger partial charge in [0.15, 0.2) is 0 Å². The van der Waals surface area contributed by atoms with Crippen molar-refractivity contribution in [3.63, 3.8) is 0 Å². The predicted octanol–water partition coefficient (Wildman–Crippen LogP) is 5.13. The number of hydrogen-bond donors (Lipinski definition) is 0.